The maximum absolute atomic E-state index is 6.13. The highest BCUT2D eigenvalue weighted by molar-refractivity contribution is 8.00. The quantitative estimate of drug-likeness (QED) is 0.625. The van der Waals surface area contributed by atoms with Gasteiger partial charge in [-0.05, 0) is 37.3 Å². The monoisotopic (exact) mass is 396 g/mol. The molecule has 0 unspecified atom stereocenters. The number of nitrogens with one attached hydrogen (secondary N) is 1. The van der Waals surface area contributed by atoms with E-state index in [0.717, 1.165) is 69.8 Å². The lowest BCUT2D eigenvalue weighted by atomic mass is 9.99. The molecule has 7 heteroatoms. The van der Waals surface area contributed by atoms with E-state index in [0.29, 0.717) is 0 Å². The molecule has 0 saturated carbocycles. The molecule has 5 nitrogen and oxygen atoms in total. The molecule has 0 amide bonds. The van der Waals surface area contributed by atoms with Crippen molar-refractivity contribution in [3.05, 3.63) is 29.3 Å². The Morgan fingerprint density at radius 3 is 2.62 bits per heavy atom. The van der Waals surface area contributed by atoms with Gasteiger partial charge >= 0.3 is 0 Å². The van der Waals surface area contributed by atoms with Crippen LogP contribution >= 0.6 is 23.4 Å². The molecule has 0 radical (unpaired) electrons. The van der Waals surface area contributed by atoms with Gasteiger partial charge < -0.3 is 19.9 Å². The van der Waals surface area contributed by atoms with Gasteiger partial charge in [-0.25, -0.2) is 0 Å². The highest BCUT2D eigenvalue weighted by Gasteiger charge is 2.32. The molecule has 2 aliphatic heterocycles. The molecule has 1 aromatic carbocycles. The Bertz CT molecular complexity index is 613. The van der Waals surface area contributed by atoms with E-state index in [1.54, 1.807) is 0 Å². The van der Waals surface area contributed by atoms with Crippen LogP contribution in [0.4, 0.5) is 5.69 Å². The van der Waals surface area contributed by atoms with Crippen molar-refractivity contribution in [1.29, 1.82) is 0 Å². The fourth-order valence-corrected chi connectivity index (χ4v) is 4.59. The summed E-state index contributed by atoms with van der Waals surface area (Å²) in [4.78, 5) is 9.27. The van der Waals surface area contributed by atoms with Crippen molar-refractivity contribution in [2.24, 2.45) is 4.99 Å². The van der Waals surface area contributed by atoms with Crippen molar-refractivity contribution in [1.82, 2.24) is 10.2 Å². The maximum atomic E-state index is 6.13. The summed E-state index contributed by atoms with van der Waals surface area (Å²) >= 11 is 8.08. The van der Waals surface area contributed by atoms with E-state index in [9.17, 15) is 0 Å². The minimum Gasteiger partial charge on any atom is -0.381 e. The summed E-state index contributed by atoms with van der Waals surface area (Å²) in [6.45, 7) is 6.53. The normalized spacial score (nSPS) is 21.0. The number of aliphatic imine (C=N–C) groups is 1. The summed E-state index contributed by atoms with van der Waals surface area (Å²) in [5.74, 6) is 1.01. The van der Waals surface area contributed by atoms with Crippen molar-refractivity contribution >= 4 is 35.0 Å². The van der Waals surface area contributed by atoms with E-state index in [1.807, 2.05) is 37.0 Å². The highest BCUT2D eigenvalue weighted by atomic mass is 35.5. The number of halogens is 1. The van der Waals surface area contributed by atoms with Gasteiger partial charge in [0, 0.05) is 68.4 Å². The minimum absolute atomic E-state index is 0.261. The molecular weight excluding hydrogens is 368 g/mol. The smallest absolute Gasteiger partial charge is 0.193 e. The van der Waals surface area contributed by atoms with Crippen molar-refractivity contribution in [2.45, 2.75) is 17.6 Å². The van der Waals surface area contributed by atoms with E-state index >= 15 is 0 Å². The van der Waals surface area contributed by atoms with Crippen LogP contribution in [0.25, 0.3) is 0 Å². The Labute approximate surface area is 166 Å². The summed E-state index contributed by atoms with van der Waals surface area (Å²) in [6, 6.07) is 8.10. The second kappa shape index (κ2) is 9.20. The number of hydrogen-bond donors (Lipinski definition) is 1. The third kappa shape index (κ3) is 4.78. The van der Waals surface area contributed by atoms with E-state index in [4.69, 9.17) is 16.3 Å². The van der Waals surface area contributed by atoms with Gasteiger partial charge in [-0.15, -0.1) is 0 Å². The largest absolute Gasteiger partial charge is 0.381 e. The summed E-state index contributed by atoms with van der Waals surface area (Å²) in [5.41, 5.74) is 1.20. The first-order chi connectivity index (χ1) is 12.7. The molecule has 1 N–H and O–H groups in total. The molecule has 2 heterocycles. The van der Waals surface area contributed by atoms with Gasteiger partial charge in [0.25, 0.3) is 0 Å². The molecule has 144 valence electrons. The molecule has 2 aliphatic rings. The lowest BCUT2D eigenvalue weighted by molar-refractivity contribution is 0.0781. The van der Waals surface area contributed by atoms with Crippen LogP contribution in [0.2, 0.25) is 5.02 Å². The van der Waals surface area contributed by atoms with Crippen LogP contribution in [-0.4, -0.2) is 74.8 Å². The predicted octanol–water partition coefficient (Wildman–Crippen LogP) is 2.95. The zero-order valence-electron chi connectivity index (χ0n) is 15.7. The van der Waals surface area contributed by atoms with Crippen molar-refractivity contribution < 1.29 is 4.74 Å². The Balaban J connectivity index is 1.53. The molecular formula is C19H29ClN4OS. The average molecular weight is 397 g/mol. The van der Waals surface area contributed by atoms with Crippen LogP contribution in [0.5, 0.6) is 0 Å². The third-order valence-corrected chi connectivity index (χ3v) is 7.02. The second-order valence-corrected chi connectivity index (χ2v) is 8.56. The number of hydrogen-bond acceptors (Lipinski definition) is 4. The van der Waals surface area contributed by atoms with Gasteiger partial charge in [0.2, 0.25) is 0 Å². The number of rotatable bonds is 4. The number of nitrogens with zero attached hydrogens (tertiary/aromatic N) is 3. The zero-order valence-corrected chi connectivity index (χ0v) is 17.3. The van der Waals surface area contributed by atoms with Crippen molar-refractivity contribution in [3.63, 3.8) is 0 Å². The van der Waals surface area contributed by atoms with Gasteiger partial charge in [-0.3, -0.25) is 4.99 Å². The number of guanidine groups is 1. The summed E-state index contributed by atoms with van der Waals surface area (Å²) in [6.07, 6.45) is 4.40. The van der Waals surface area contributed by atoms with E-state index in [2.05, 4.69) is 32.4 Å². The van der Waals surface area contributed by atoms with Crippen LogP contribution < -0.4 is 10.2 Å². The van der Waals surface area contributed by atoms with Gasteiger partial charge in [0.1, 0.15) is 0 Å². The number of thioether (sulfide) groups is 1. The molecule has 3 rings (SSSR count). The topological polar surface area (TPSA) is 40.1 Å². The molecule has 2 saturated heterocycles. The van der Waals surface area contributed by atoms with E-state index in [1.165, 1.54) is 5.69 Å². The molecule has 2 fully saturated rings. The third-order valence-electron chi connectivity index (χ3n) is 5.37. The Morgan fingerprint density at radius 2 is 2.00 bits per heavy atom. The first kappa shape index (κ1) is 19.6. The summed E-state index contributed by atoms with van der Waals surface area (Å²) in [5, 5.41) is 4.42. The first-order valence-electron chi connectivity index (χ1n) is 9.25. The molecule has 26 heavy (non-hydrogen) atoms. The molecule has 0 atom stereocenters. The number of piperazine rings is 1. The zero-order chi connectivity index (χ0) is 18.4. The fraction of sp³-hybridized carbons (Fsp3) is 0.632. The Hall–Kier alpha value is -1.11. The standard InChI is InChI=1S/C19H29ClN4OS/c1-21-18(22-15-19(26-2)6-12-25-13-7-19)24-10-8-23(9-11-24)17-5-3-4-16(20)14-17/h3-5,14H,6-13,15H2,1-2H3,(H,21,22). The second-order valence-electron chi connectivity index (χ2n) is 6.85. The number of ether oxygens (including phenoxy) is 1. The number of benzene rings is 1. The lowest BCUT2D eigenvalue weighted by Gasteiger charge is -2.40. The Kier molecular flexibility index (Phi) is 6.95. The maximum Gasteiger partial charge on any atom is 0.193 e. The van der Waals surface area contributed by atoms with Gasteiger partial charge in [0.15, 0.2) is 5.96 Å². The molecule has 1 aromatic rings. The fourth-order valence-electron chi connectivity index (χ4n) is 3.62. The number of anilines is 1. The van der Waals surface area contributed by atoms with E-state index in [-0.39, 0.29) is 4.75 Å². The van der Waals surface area contributed by atoms with Crippen LogP contribution in [0, 0.1) is 0 Å². The van der Waals surface area contributed by atoms with Crippen molar-refractivity contribution in [2.75, 3.05) is 64.1 Å². The molecule has 0 aromatic heterocycles. The van der Waals surface area contributed by atoms with Crippen LogP contribution in [0.1, 0.15) is 12.8 Å². The molecule has 0 aliphatic carbocycles. The van der Waals surface area contributed by atoms with E-state index < -0.39 is 0 Å². The van der Waals surface area contributed by atoms with Gasteiger partial charge in [0.05, 0.1) is 0 Å². The predicted molar refractivity (Wildman–Crippen MR) is 113 cm³/mol. The summed E-state index contributed by atoms with van der Waals surface area (Å²) < 4.78 is 5.80. The van der Waals surface area contributed by atoms with Crippen LogP contribution in [0.3, 0.4) is 0 Å². The van der Waals surface area contributed by atoms with Crippen molar-refractivity contribution in [3.8, 4) is 0 Å². The lowest BCUT2D eigenvalue weighted by Crippen LogP contribution is -2.55. The average Bonchev–Trinajstić information content (AvgIpc) is 2.70. The molecule has 0 spiro atoms. The highest BCUT2D eigenvalue weighted by Crippen LogP contribution is 2.33. The van der Waals surface area contributed by atoms with Crippen LogP contribution in [0.15, 0.2) is 29.3 Å². The Morgan fingerprint density at radius 1 is 1.27 bits per heavy atom. The van der Waals surface area contributed by atoms with Gasteiger partial charge in [-0.1, -0.05) is 17.7 Å². The van der Waals surface area contributed by atoms with Crippen LogP contribution in [-0.2, 0) is 4.74 Å². The first-order valence-corrected chi connectivity index (χ1v) is 10.8. The molecule has 0 bridgehead atoms. The van der Waals surface area contributed by atoms with Gasteiger partial charge in [-0.2, -0.15) is 11.8 Å². The SMILES string of the molecule is CN=C(NCC1(SC)CCOCC1)N1CCN(c2cccc(Cl)c2)CC1. The summed E-state index contributed by atoms with van der Waals surface area (Å²) in [7, 11) is 1.88. The minimum atomic E-state index is 0.261.